The van der Waals surface area contributed by atoms with Crippen molar-refractivity contribution >= 4 is 17.3 Å². The maximum absolute atomic E-state index is 13.1. The lowest BCUT2D eigenvalue weighted by molar-refractivity contribution is -0.386. The molecule has 0 spiro atoms. The molecule has 0 fully saturated rings. The van der Waals surface area contributed by atoms with Crippen LogP contribution in [0.3, 0.4) is 0 Å². The molecule has 0 aliphatic carbocycles. The maximum Gasteiger partial charge on any atom is 0.312 e. The average molecular weight is 400 g/mol. The number of rotatable bonds is 6. The second kappa shape index (κ2) is 7.82. The van der Waals surface area contributed by atoms with Crippen molar-refractivity contribution in [1.29, 1.82) is 0 Å². The summed E-state index contributed by atoms with van der Waals surface area (Å²) < 4.78 is 16.1. The minimum atomic E-state index is -0.500. The van der Waals surface area contributed by atoms with Gasteiger partial charge in [-0.25, -0.2) is 4.39 Å². The van der Waals surface area contributed by atoms with E-state index in [1.165, 1.54) is 23.7 Å². The van der Waals surface area contributed by atoms with Gasteiger partial charge in [0.2, 0.25) is 5.91 Å². The SMILES string of the molecule is Cc1nn(Cc2ccc(F)cc2)c(C)c1NC(=O)Cn1nc(C)c([N+](=O)[O-])c1C. The highest BCUT2D eigenvalue weighted by Gasteiger charge is 2.23. The van der Waals surface area contributed by atoms with Crippen LogP contribution in [-0.2, 0) is 17.9 Å². The Balaban J connectivity index is 1.76. The molecular weight excluding hydrogens is 379 g/mol. The zero-order valence-electron chi connectivity index (χ0n) is 16.6. The molecule has 0 saturated heterocycles. The number of hydrogen-bond acceptors (Lipinski definition) is 5. The van der Waals surface area contributed by atoms with Gasteiger partial charge in [-0.15, -0.1) is 0 Å². The Bertz CT molecular complexity index is 1080. The number of carbonyl (C=O) groups excluding carboxylic acids is 1. The summed E-state index contributed by atoms with van der Waals surface area (Å²) in [5, 5.41) is 22.5. The fraction of sp³-hybridized carbons (Fsp3) is 0.316. The second-order valence-electron chi connectivity index (χ2n) is 6.81. The van der Waals surface area contributed by atoms with Crippen LogP contribution >= 0.6 is 0 Å². The fourth-order valence-corrected chi connectivity index (χ4v) is 3.22. The largest absolute Gasteiger partial charge is 0.321 e. The van der Waals surface area contributed by atoms with Crippen LogP contribution < -0.4 is 5.32 Å². The highest BCUT2D eigenvalue weighted by atomic mass is 19.1. The minimum Gasteiger partial charge on any atom is -0.321 e. The summed E-state index contributed by atoms with van der Waals surface area (Å²) in [5.41, 5.74) is 3.34. The fourth-order valence-electron chi connectivity index (χ4n) is 3.22. The van der Waals surface area contributed by atoms with Gasteiger partial charge in [0.05, 0.1) is 28.5 Å². The van der Waals surface area contributed by atoms with Crippen LogP contribution in [0.15, 0.2) is 24.3 Å². The second-order valence-corrected chi connectivity index (χ2v) is 6.81. The summed E-state index contributed by atoms with van der Waals surface area (Å²) in [7, 11) is 0. The van der Waals surface area contributed by atoms with Crippen LogP contribution in [0.2, 0.25) is 0 Å². The van der Waals surface area contributed by atoms with Crippen LogP contribution in [0, 0.1) is 43.6 Å². The Morgan fingerprint density at radius 3 is 2.28 bits per heavy atom. The lowest BCUT2D eigenvalue weighted by Crippen LogP contribution is -2.21. The van der Waals surface area contributed by atoms with E-state index in [0.29, 0.717) is 23.6 Å². The number of carbonyl (C=O) groups is 1. The van der Waals surface area contributed by atoms with Gasteiger partial charge in [0.25, 0.3) is 0 Å². The molecule has 152 valence electrons. The van der Waals surface area contributed by atoms with E-state index in [1.54, 1.807) is 30.7 Å². The van der Waals surface area contributed by atoms with E-state index in [4.69, 9.17) is 0 Å². The van der Waals surface area contributed by atoms with Gasteiger partial charge in [-0.2, -0.15) is 10.2 Å². The number of aromatic nitrogens is 4. The molecule has 2 aromatic heterocycles. The van der Waals surface area contributed by atoms with Gasteiger partial charge in [0.15, 0.2) is 0 Å². The molecule has 2 heterocycles. The third kappa shape index (κ3) is 4.15. The first-order valence-electron chi connectivity index (χ1n) is 8.94. The Morgan fingerprint density at radius 1 is 1.07 bits per heavy atom. The third-order valence-electron chi connectivity index (χ3n) is 4.71. The van der Waals surface area contributed by atoms with E-state index in [1.807, 2.05) is 6.92 Å². The third-order valence-corrected chi connectivity index (χ3v) is 4.71. The molecule has 0 radical (unpaired) electrons. The summed E-state index contributed by atoms with van der Waals surface area (Å²) in [6.45, 7) is 6.98. The molecule has 1 amide bonds. The smallest absolute Gasteiger partial charge is 0.312 e. The highest BCUT2D eigenvalue weighted by molar-refractivity contribution is 5.91. The lowest BCUT2D eigenvalue weighted by Gasteiger charge is -2.08. The topological polar surface area (TPSA) is 108 Å². The molecule has 0 bridgehead atoms. The van der Waals surface area contributed by atoms with E-state index in [0.717, 1.165) is 11.3 Å². The Morgan fingerprint density at radius 2 is 1.69 bits per heavy atom. The first kappa shape index (κ1) is 20.2. The van der Waals surface area contributed by atoms with E-state index in [9.17, 15) is 19.3 Å². The Hall–Kier alpha value is -3.56. The van der Waals surface area contributed by atoms with Gasteiger partial charge < -0.3 is 5.32 Å². The summed E-state index contributed by atoms with van der Waals surface area (Å²) in [6, 6.07) is 6.13. The number of nitrogens with zero attached hydrogens (tertiary/aromatic N) is 5. The maximum atomic E-state index is 13.1. The zero-order chi connectivity index (χ0) is 21.3. The molecular formula is C19H21FN6O3. The molecule has 29 heavy (non-hydrogen) atoms. The number of nitrogens with one attached hydrogen (secondary N) is 1. The Kier molecular flexibility index (Phi) is 5.44. The van der Waals surface area contributed by atoms with Gasteiger partial charge in [-0.05, 0) is 45.4 Å². The molecule has 0 atom stereocenters. The number of anilines is 1. The van der Waals surface area contributed by atoms with E-state index in [2.05, 4.69) is 15.5 Å². The standard InChI is InChI=1S/C19H21FN6O3/c1-11-18(13(3)24(22-11)9-15-5-7-16(20)8-6-15)21-17(27)10-25-14(4)19(26(28)29)12(2)23-25/h5-8H,9-10H2,1-4H3,(H,21,27). The first-order chi connectivity index (χ1) is 13.7. The lowest BCUT2D eigenvalue weighted by atomic mass is 10.2. The van der Waals surface area contributed by atoms with E-state index in [-0.39, 0.29) is 29.7 Å². The molecule has 3 aromatic rings. The van der Waals surface area contributed by atoms with Crippen LogP contribution in [-0.4, -0.2) is 30.4 Å². The molecule has 3 rings (SSSR count). The average Bonchev–Trinajstić information content (AvgIpc) is 3.06. The number of nitro groups is 1. The number of hydrogen-bond donors (Lipinski definition) is 1. The zero-order valence-corrected chi connectivity index (χ0v) is 16.6. The summed E-state index contributed by atoms with van der Waals surface area (Å²) >= 11 is 0. The number of halogens is 1. The molecule has 1 N–H and O–H groups in total. The summed E-state index contributed by atoms with van der Waals surface area (Å²) in [4.78, 5) is 23.1. The number of amides is 1. The molecule has 0 aliphatic rings. The van der Waals surface area contributed by atoms with Crippen molar-refractivity contribution in [3.05, 3.63) is 68.5 Å². The predicted octanol–water partition coefficient (Wildman–Crippen LogP) is 3.05. The van der Waals surface area contributed by atoms with E-state index >= 15 is 0 Å². The quantitative estimate of drug-likeness (QED) is 0.505. The van der Waals surface area contributed by atoms with Gasteiger partial charge in [-0.1, -0.05) is 12.1 Å². The van der Waals surface area contributed by atoms with Crippen molar-refractivity contribution in [3.8, 4) is 0 Å². The monoisotopic (exact) mass is 400 g/mol. The van der Waals surface area contributed by atoms with Gasteiger partial charge >= 0.3 is 5.69 Å². The van der Waals surface area contributed by atoms with Crippen molar-refractivity contribution in [3.63, 3.8) is 0 Å². The molecule has 0 unspecified atom stereocenters. The van der Waals surface area contributed by atoms with Crippen molar-refractivity contribution in [1.82, 2.24) is 19.6 Å². The van der Waals surface area contributed by atoms with Crippen LogP contribution in [0.25, 0.3) is 0 Å². The van der Waals surface area contributed by atoms with Crippen LogP contribution in [0.4, 0.5) is 15.8 Å². The van der Waals surface area contributed by atoms with Crippen molar-refractivity contribution in [2.75, 3.05) is 5.32 Å². The normalized spacial score (nSPS) is 10.9. The molecule has 0 aliphatic heterocycles. The van der Waals surface area contributed by atoms with E-state index < -0.39 is 4.92 Å². The Labute approximate surface area is 166 Å². The van der Waals surface area contributed by atoms with Crippen molar-refractivity contribution in [2.24, 2.45) is 0 Å². The molecule has 0 saturated carbocycles. The highest BCUT2D eigenvalue weighted by Crippen LogP contribution is 2.23. The summed E-state index contributed by atoms with van der Waals surface area (Å²) in [5.74, 6) is -0.669. The predicted molar refractivity (Wildman–Crippen MR) is 104 cm³/mol. The van der Waals surface area contributed by atoms with Crippen molar-refractivity contribution in [2.45, 2.75) is 40.8 Å². The first-order valence-corrected chi connectivity index (χ1v) is 8.94. The van der Waals surface area contributed by atoms with Crippen LogP contribution in [0.1, 0.15) is 28.3 Å². The minimum absolute atomic E-state index is 0.0859. The molecule has 10 heteroatoms. The van der Waals surface area contributed by atoms with Crippen LogP contribution in [0.5, 0.6) is 0 Å². The molecule has 1 aromatic carbocycles. The number of aryl methyl sites for hydroxylation is 2. The molecule has 9 nitrogen and oxygen atoms in total. The summed E-state index contributed by atoms with van der Waals surface area (Å²) in [6.07, 6.45) is 0. The number of benzene rings is 1. The van der Waals surface area contributed by atoms with Gasteiger partial charge in [-0.3, -0.25) is 24.3 Å². The van der Waals surface area contributed by atoms with Gasteiger partial charge in [0.1, 0.15) is 23.7 Å². The van der Waals surface area contributed by atoms with Crippen molar-refractivity contribution < 1.29 is 14.1 Å². The van der Waals surface area contributed by atoms with Gasteiger partial charge in [0, 0.05) is 0 Å².